The molecular weight excluding hydrogens is 492 g/mol. The minimum absolute atomic E-state index is 0.0542. The van der Waals surface area contributed by atoms with Crippen molar-refractivity contribution < 1.29 is 14.3 Å². The van der Waals surface area contributed by atoms with E-state index in [-0.39, 0.29) is 5.78 Å². The summed E-state index contributed by atoms with van der Waals surface area (Å²) in [5.41, 5.74) is 12.0. The molecule has 6 aromatic rings. The van der Waals surface area contributed by atoms with Gasteiger partial charge in [-0.2, -0.15) is 0 Å². The van der Waals surface area contributed by atoms with Gasteiger partial charge in [0.1, 0.15) is 11.5 Å². The van der Waals surface area contributed by atoms with E-state index in [2.05, 4.69) is 60.7 Å². The molecular formula is C37H24O3. The van der Waals surface area contributed by atoms with Crippen molar-refractivity contribution in [1.82, 2.24) is 0 Å². The minimum atomic E-state index is 0.0542. The Morgan fingerprint density at radius 3 is 1.50 bits per heavy atom. The van der Waals surface area contributed by atoms with E-state index in [0.717, 1.165) is 72.7 Å². The summed E-state index contributed by atoms with van der Waals surface area (Å²) in [5, 5.41) is 2.41. The molecule has 8 rings (SSSR count). The van der Waals surface area contributed by atoms with Crippen molar-refractivity contribution in [2.24, 2.45) is 0 Å². The summed E-state index contributed by atoms with van der Waals surface area (Å²) >= 11 is 0. The summed E-state index contributed by atoms with van der Waals surface area (Å²) in [4.78, 5) is 14.4. The quantitative estimate of drug-likeness (QED) is 0.234. The van der Waals surface area contributed by atoms with E-state index in [4.69, 9.17) is 9.47 Å². The Balaban J connectivity index is 1.64. The van der Waals surface area contributed by atoms with Crippen molar-refractivity contribution >= 4 is 16.6 Å². The van der Waals surface area contributed by atoms with Gasteiger partial charge in [-0.3, -0.25) is 4.79 Å². The molecule has 0 aliphatic heterocycles. The molecule has 0 spiro atoms. The molecule has 0 saturated heterocycles. The predicted octanol–water partition coefficient (Wildman–Crippen LogP) is 9.05. The number of benzene rings is 6. The van der Waals surface area contributed by atoms with Crippen LogP contribution in [0.3, 0.4) is 0 Å². The van der Waals surface area contributed by atoms with Gasteiger partial charge in [-0.05, 0) is 79.5 Å². The summed E-state index contributed by atoms with van der Waals surface area (Å²) in [6.07, 6.45) is 0. The highest BCUT2D eigenvalue weighted by molar-refractivity contribution is 6.33. The molecule has 0 heterocycles. The van der Waals surface area contributed by atoms with Crippen molar-refractivity contribution in [2.75, 3.05) is 14.2 Å². The monoisotopic (exact) mass is 516 g/mol. The zero-order chi connectivity index (χ0) is 27.0. The Labute approximate surface area is 232 Å². The topological polar surface area (TPSA) is 35.5 Å². The van der Waals surface area contributed by atoms with Crippen molar-refractivity contribution in [3.63, 3.8) is 0 Å². The van der Waals surface area contributed by atoms with Gasteiger partial charge in [-0.25, -0.2) is 0 Å². The smallest absolute Gasteiger partial charge is 0.194 e. The van der Waals surface area contributed by atoms with Gasteiger partial charge in [0.25, 0.3) is 0 Å². The maximum atomic E-state index is 14.4. The second-order valence-corrected chi connectivity index (χ2v) is 10.3. The zero-order valence-corrected chi connectivity index (χ0v) is 22.1. The van der Waals surface area contributed by atoms with E-state index in [1.165, 1.54) is 16.3 Å². The number of methoxy groups -OCH3 is 2. The Bertz CT molecular complexity index is 2040. The Hall–Kier alpha value is -5.15. The van der Waals surface area contributed by atoms with Crippen LogP contribution in [0, 0.1) is 0 Å². The minimum Gasteiger partial charge on any atom is -0.497 e. The molecule has 2 aliphatic carbocycles. The fourth-order valence-corrected chi connectivity index (χ4v) is 6.71. The fraction of sp³-hybridized carbons (Fsp3) is 0.0541. The summed E-state index contributed by atoms with van der Waals surface area (Å²) in [6.45, 7) is 0. The maximum absolute atomic E-state index is 14.4. The molecule has 2 aliphatic rings. The first kappa shape index (κ1) is 22.8. The van der Waals surface area contributed by atoms with Crippen LogP contribution in [0.2, 0.25) is 0 Å². The third-order valence-electron chi connectivity index (χ3n) is 8.33. The maximum Gasteiger partial charge on any atom is 0.194 e. The van der Waals surface area contributed by atoms with E-state index in [9.17, 15) is 4.79 Å². The molecule has 0 fully saturated rings. The molecule has 190 valence electrons. The number of carbonyl (C=O) groups is 1. The third kappa shape index (κ3) is 2.97. The Morgan fingerprint density at radius 1 is 0.450 bits per heavy atom. The SMILES string of the molecule is COc1cccc(-c2c3c(c(-c4cccc(OC)c4)c4c2-c2cccc5cccc-4c25)-c2ccccc2C3=O)c1. The van der Waals surface area contributed by atoms with E-state index in [0.29, 0.717) is 0 Å². The summed E-state index contributed by atoms with van der Waals surface area (Å²) < 4.78 is 11.3. The molecule has 6 aromatic carbocycles. The van der Waals surface area contributed by atoms with Crippen molar-refractivity contribution in [3.8, 4) is 67.1 Å². The number of rotatable bonds is 4. The first-order valence-electron chi connectivity index (χ1n) is 13.4. The number of ether oxygens (including phenoxy) is 2. The highest BCUT2D eigenvalue weighted by Crippen LogP contribution is 2.60. The largest absolute Gasteiger partial charge is 0.497 e. The molecule has 3 heteroatoms. The van der Waals surface area contributed by atoms with Crippen molar-refractivity contribution in [1.29, 1.82) is 0 Å². The van der Waals surface area contributed by atoms with Gasteiger partial charge in [-0.1, -0.05) is 84.9 Å². The number of hydrogen-bond donors (Lipinski definition) is 0. The highest BCUT2D eigenvalue weighted by atomic mass is 16.5. The van der Waals surface area contributed by atoms with Gasteiger partial charge in [0.05, 0.1) is 14.2 Å². The number of fused-ring (bicyclic) bond motifs is 6. The van der Waals surface area contributed by atoms with E-state index < -0.39 is 0 Å². The summed E-state index contributed by atoms with van der Waals surface area (Å²) in [5.74, 6) is 1.59. The lowest BCUT2D eigenvalue weighted by Gasteiger charge is -2.22. The van der Waals surface area contributed by atoms with E-state index >= 15 is 0 Å². The van der Waals surface area contributed by atoms with Gasteiger partial charge >= 0.3 is 0 Å². The average molecular weight is 517 g/mol. The van der Waals surface area contributed by atoms with Crippen LogP contribution in [0.15, 0.2) is 109 Å². The lowest BCUT2D eigenvalue weighted by atomic mass is 9.80. The van der Waals surface area contributed by atoms with Crippen LogP contribution >= 0.6 is 0 Å². The Morgan fingerprint density at radius 2 is 0.925 bits per heavy atom. The lowest BCUT2D eigenvalue weighted by molar-refractivity contribution is 0.104. The molecule has 0 atom stereocenters. The van der Waals surface area contributed by atoms with Gasteiger partial charge < -0.3 is 9.47 Å². The van der Waals surface area contributed by atoms with Crippen molar-refractivity contribution in [2.45, 2.75) is 0 Å². The van der Waals surface area contributed by atoms with Gasteiger partial charge in [0, 0.05) is 22.3 Å². The molecule has 40 heavy (non-hydrogen) atoms. The van der Waals surface area contributed by atoms with Crippen LogP contribution in [0.1, 0.15) is 15.9 Å². The molecule has 0 saturated carbocycles. The zero-order valence-electron chi connectivity index (χ0n) is 22.1. The first-order valence-corrected chi connectivity index (χ1v) is 13.4. The molecule has 0 bridgehead atoms. The van der Waals surface area contributed by atoms with Crippen LogP contribution in [-0.2, 0) is 0 Å². The van der Waals surface area contributed by atoms with Crippen LogP contribution in [0.25, 0.3) is 66.4 Å². The molecule has 3 nitrogen and oxygen atoms in total. The molecule has 0 aromatic heterocycles. The lowest BCUT2D eigenvalue weighted by Crippen LogP contribution is -2.02. The number of carbonyl (C=O) groups excluding carboxylic acids is 1. The summed E-state index contributed by atoms with van der Waals surface area (Å²) in [6, 6.07) is 37.2. The van der Waals surface area contributed by atoms with E-state index in [1.807, 2.05) is 48.5 Å². The second kappa shape index (κ2) is 8.42. The number of hydrogen-bond acceptors (Lipinski definition) is 3. The second-order valence-electron chi connectivity index (χ2n) is 10.3. The van der Waals surface area contributed by atoms with Crippen molar-refractivity contribution in [3.05, 3.63) is 120 Å². The third-order valence-corrected chi connectivity index (χ3v) is 8.33. The van der Waals surface area contributed by atoms with Crippen LogP contribution in [-0.4, -0.2) is 20.0 Å². The highest BCUT2D eigenvalue weighted by Gasteiger charge is 2.39. The van der Waals surface area contributed by atoms with E-state index in [1.54, 1.807) is 14.2 Å². The number of ketones is 1. The molecule has 0 amide bonds. The molecule has 0 N–H and O–H groups in total. The standard InChI is InChI=1S/C37H24O3/c1-39-24-13-5-11-22(19-24)31-33-26-15-3-4-16-27(26)37(38)36(33)32(23-12-6-14-25(20-23)40-2)35-29-18-8-10-21-9-7-17-28(30(21)29)34(31)35/h3-20H,1-2H3. The average Bonchev–Trinajstić information content (AvgIpc) is 3.50. The Kier molecular flexibility index (Phi) is 4.80. The fourth-order valence-electron chi connectivity index (χ4n) is 6.71. The van der Waals surface area contributed by atoms with Crippen LogP contribution in [0.4, 0.5) is 0 Å². The van der Waals surface area contributed by atoms with Gasteiger partial charge in [-0.15, -0.1) is 0 Å². The van der Waals surface area contributed by atoms with Crippen LogP contribution < -0.4 is 9.47 Å². The summed E-state index contributed by atoms with van der Waals surface area (Å²) in [7, 11) is 3.37. The van der Waals surface area contributed by atoms with Crippen LogP contribution in [0.5, 0.6) is 11.5 Å². The predicted molar refractivity (Wildman–Crippen MR) is 161 cm³/mol. The van der Waals surface area contributed by atoms with Gasteiger partial charge in [0.15, 0.2) is 5.78 Å². The first-order chi connectivity index (χ1) is 19.7. The molecule has 0 radical (unpaired) electrons. The molecule has 0 unspecified atom stereocenters. The van der Waals surface area contributed by atoms with Gasteiger partial charge in [0.2, 0.25) is 0 Å². The normalized spacial score (nSPS) is 12.3.